The lowest BCUT2D eigenvalue weighted by molar-refractivity contribution is 0.201. The Balaban J connectivity index is 1.55. The summed E-state index contributed by atoms with van der Waals surface area (Å²) in [6.07, 6.45) is 5.14. The lowest BCUT2D eigenvalue weighted by atomic mass is 10.2. The minimum absolute atomic E-state index is 0.381. The van der Waals surface area contributed by atoms with Gasteiger partial charge < -0.3 is 15.0 Å². The Hall–Kier alpha value is -1.80. The Morgan fingerprint density at radius 2 is 2.48 bits per heavy atom. The van der Waals surface area contributed by atoms with Gasteiger partial charge >= 0.3 is 0 Å². The molecule has 1 N–H and O–H groups in total. The summed E-state index contributed by atoms with van der Waals surface area (Å²) in [5.74, 6) is 1.74. The number of ether oxygens (including phenoxy) is 1. The zero-order chi connectivity index (χ0) is 14.5. The summed E-state index contributed by atoms with van der Waals surface area (Å²) in [7, 11) is 1.69. The quantitative estimate of drug-likeness (QED) is 0.859. The molecule has 2 aromatic heterocycles. The van der Waals surface area contributed by atoms with Crippen LogP contribution in [0.3, 0.4) is 0 Å². The maximum absolute atomic E-state index is 5.05. The highest BCUT2D eigenvalue weighted by molar-refractivity contribution is 7.09. The van der Waals surface area contributed by atoms with Crippen molar-refractivity contribution in [3.63, 3.8) is 0 Å². The van der Waals surface area contributed by atoms with Crippen LogP contribution in [0.2, 0.25) is 0 Å². The van der Waals surface area contributed by atoms with Crippen molar-refractivity contribution in [1.29, 1.82) is 0 Å². The van der Waals surface area contributed by atoms with Crippen LogP contribution in [0.15, 0.2) is 18.6 Å². The first kappa shape index (κ1) is 14.2. The second kappa shape index (κ2) is 6.77. The van der Waals surface area contributed by atoms with Crippen molar-refractivity contribution in [1.82, 2.24) is 19.3 Å². The monoisotopic (exact) mass is 306 g/mol. The topological polar surface area (TPSA) is 76.1 Å². The minimum Gasteiger partial charge on any atom is -0.384 e. The second-order valence-electron chi connectivity index (χ2n) is 4.91. The van der Waals surface area contributed by atoms with Gasteiger partial charge in [-0.05, 0) is 12.5 Å². The van der Waals surface area contributed by atoms with Crippen LogP contribution in [-0.2, 0) is 11.2 Å². The third-order valence-electron chi connectivity index (χ3n) is 3.38. The number of nitrogens with zero attached hydrogens (tertiary/aromatic N) is 5. The first-order valence-electron chi connectivity index (χ1n) is 6.94. The van der Waals surface area contributed by atoms with Crippen LogP contribution in [0.5, 0.6) is 0 Å². The van der Waals surface area contributed by atoms with E-state index in [0.29, 0.717) is 12.6 Å². The maximum Gasteiger partial charge on any atom is 0.205 e. The van der Waals surface area contributed by atoms with Crippen LogP contribution >= 0.6 is 11.5 Å². The van der Waals surface area contributed by atoms with E-state index in [2.05, 4.69) is 29.5 Å². The molecule has 0 spiro atoms. The highest BCUT2D eigenvalue weighted by Gasteiger charge is 2.25. The van der Waals surface area contributed by atoms with Crippen LogP contribution < -0.4 is 10.2 Å². The average Bonchev–Trinajstić information content (AvgIpc) is 3.15. The van der Waals surface area contributed by atoms with E-state index >= 15 is 0 Å². The standard InChI is InChI=1S/C13H18N6OS/c1-20-7-4-12-17-13(21-18-12)19-6-3-10(8-19)16-11-2-5-14-9-15-11/h2,5,9-10H,3-4,6-8H2,1H3,(H,14,15,16). The van der Waals surface area contributed by atoms with Crippen molar-refractivity contribution in [2.75, 3.05) is 37.0 Å². The van der Waals surface area contributed by atoms with Gasteiger partial charge in [-0.2, -0.15) is 4.37 Å². The molecule has 1 unspecified atom stereocenters. The Bertz CT molecular complexity index is 563. The van der Waals surface area contributed by atoms with E-state index < -0.39 is 0 Å². The number of hydrogen-bond donors (Lipinski definition) is 1. The molecule has 1 aliphatic rings. The first-order chi connectivity index (χ1) is 10.3. The summed E-state index contributed by atoms with van der Waals surface area (Å²) in [6.45, 7) is 2.57. The molecule has 2 aromatic rings. The highest BCUT2D eigenvalue weighted by Crippen LogP contribution is 2.23. The summed E-state index contributed by atoms with van der Waals surface area (Å²) < 4.78 is 9.43. The van der Waals surface area contributed by atoms with Gasteiger partial charge in [0.15, 0.2) is 0 Å². The third kappa shape index (κ3) is 3.64. The lowest BCUT2D eigenvalue weighted by Gasteiger charge is -2.15. The molecule has 8 heteroatoms. The largest absolute Gasteiger partial charge is 0.384 e. The van der Waals surface area contributed by atoms with Crippen LogP contribution in [0, 0.1) is 0 Å². The van der Waals surface area contributed by atoms with E-state index in [0.717, 1.165) is 42.7 Å². The van der Waals surface area contributed by atoms with E-state index in [-0.39, 0.29) is 0 Å². The van der Waals surface area contributed by atoms with Crippen molar-refractivity contribution in [3.05, 3.63) is 24.4 Å². The number of rotatable bonds is 6. The summed E-state index contributed by atoms with van der Waals surface area (Å²) in [5, 5.41) is 4.42. The number of nitrogens with one attached hydrogen (secondary N) is 1. The number of methoxy groups -OCH3 is 1. The predicted molar refractivity (Wildman–Crippen MR) is 81.8 cm³/mol. The normalized spacial score (nSPS) is 18.1. The zero-order valence-electron chi connectivity index (χ0n) is 11.9. The molecule has 112 valence electrons. The van der Waals surface area contributed by atoms with Gasteiger partial charge in [0.1, 0.15) is 18.0 Å². The van der Waals surface area contributed by atoms with Gasteiger partial charge in [-0.15, -0.1) is 0 Å². The molecule has 0 radical (unpaired) electrons. The molecular weight excluding hydrogens is 288 g/mol. The molecule has 0 aliphatic carbocycles. The summed E-state index contributed by atoms with van der Waals surface area (Å²) in [5.41, 5.74) is 0. The van der Waals surface area contributed by atoms with Gasteiger partial charge in [0.2, 0.25) is 5.13 Å². The lowest BCUT2D eigenvalue weighted by Crippen LogP contribution is -2.26. The average molecular weight is 306 g/mol. The van der Waals surface area contributed by atoms with Gasteiger partial charge in [0.25, 0.3) is 0 Å². The predicted octanol–water partition coefficient (Wildman–Crippen LogP) is 1.21. The van der Waals surface area contributed by atoms with Crippen molar-refractivity contribution in [2.45, 2.75) is 18.9 Å². The smallest absolute Gasteiger partial charge is 0.205 e. The van der Waals surface area contributed by atoms with E-state index in [1.54, 1.807) is 19.6 Å². The Kier molecular flexibility index (Phi) is 4.56. The van der Waals surface area contributed by atoms with Crippen LogP contribution in [0.4, 0.5) is 10.9 Å². The molecule has 21 heavy (non-hydrogen) atoms. The molecule has 0 saturated carbocycles. The van der Waals surface area contributed by atoms with Gasteiger partial charge in [0.05, 0.1) is 6.61 Å². The molecule has 0 bridgehead atoms. The molecule has 3 heterocycles. The van der Waals surface area contributed by atoms with Gasteiger partial charge in [-0.3, -0.25) is 0 Å². The molecule has 7 nitrogen and oxygen atoms in total. The number of anilines is 2. The van der Waals surface area contributed by atoms with E-state index in [1.807, 2.05) is 6.07 Å². The maximum atomic E-state index is 5.05. The molecule has 1 saturated heterocycles. The van der Waals surface area contributed by atoms with E-state index in [9.17, 15) is 0 Å². The van der Waals surface area contributed by atoms with Gasteiger partial charge in [-0.25, -0.2) is 15.0 Å². The Morgan fingerprint density at radius 1 is 1.52 bits per heavy atom. The van der Waals surface area contributed by atoms with Crippen LogP contribution in [0.25, 0.3) is 0 Å². The van der Waals surface area contributed by atoms with Crippen molar-refractivity contribution < 1.29 is 4.74 Å². The van der Waals surface area contributed by atoms with Crippen molar-refractivity contribution in [2.24, 2.45) is 0 Å². The molecule has 1 aliphatic heterocycles. The molecular formula is C13H18N6OS. The second-order valence-corrected chi connectivity index (χ2v) is 5.64. The highest BCUT2D eigenvalue weighted by atomic mass is 32.1. The summed E-state index contributed by atoms with van der Waals surface area (Å²) >= 11 is 1.46. The summed E-state index contributed by atoms with van der Waals surface area (Å²) in [4.78, 5) is 15.0. The Morgan fingerprint density at radius 3 is 3.29 bits per heavy atom. The third-order valence-corrected chi connectivity index (χ3v) is 4.19. The van der Waals surface area contributed by atoms with E-state index in [1.165, 1.54) is 11.5 Å². The van der Waals surface area contributed by atoms with Crippen LogP contribution in [0.1, 0.15) is 12.2 Å². The van der Waals surface area contributed by atoms with Crippen LogP contribution in [-0.4, -0.2) is 52.2 Å². The van der Waals surface area contributed by atoms with E-state index in [4.69, 9.17) is 4.74 Å². The molecule has 1 fully saturated rings. The minimum atomic E-state index is 0.381. The number of hydrogen-bond acceptors (Lipinski definition) is 8. The molecule has 0 aromatic carbocycles. The molecule has 3 rings (SSSR count). The van der Waals surface area contributed by atoms with Gasteiger partial charge in [-0.1, -0.05) is 0 Å². The first-order valence-corrected chi connectivity index (χ1v) is 7.71. The van der Waals surface area contributed by atoms with Gasteiger partial charge in [0, 0.05) is 50.4 Å². The Labute approximate surface area is 127 Å². The fourth-order valence-corrected chi connectivity index (χ4v) is 3.05. The van der Waals surface area contributed by atoms with Crippen molar-refractivity contribution >= 4 is 22.5 Å². The molecule has 0 amide bonds. The summed E-state index contributed by atoms with van der Waals surface area (Å²) in [6, 6.07) is 2.27. The fourth-order valence-electron chi connectivity index (χ4n) is 2.31. The number of aromatic nitrogens is 4. The zero-order valence-corrected chi connectivity index (χ0v) is 12.7. The molecule has 1 atom stereocenters. The SMILES string of the molecule is COCCc1nsc(N2CCC(Nc3ccncn3)C2)n1. The fraction of sp³-hybridized carbons (Fsp3) is 0.538. The van der Waals surface area contributed by atoms with Crippen molar-refractivity contribution in [3.8, 4) is 0 Å².